The maximum atomic E-state index is 13.0. The molecule has 0 heterocycles. The van der Waals surface area contributed by atoms with Crippen molar-refractivity contribution < 1.29 is 28.3 Å². The fourth-order valence-corrected chi connectivity index (χ4v) is 2.20. The molecule has 2 aromatic carbocycles. The van der Waals surface area contributed by atoms with Crippen molar-refractivity contribution in [2.75, 3.05) is 19.0 Å². The van der Waals surface area contributed by atoms with Gasteiger partial charge in [-0.25, -0.2) is 9.18 Å². The van der Waals surface area contributed by atoms with Crippen molar-refractivity contribution in [2.45, 2.75) is 13.0 Å². The van der Waals surface area contributed by atoms with E-state index in [1.165, 1.54) is 19.2 Å². The first kappa shape index (κ1) is 21.2. The first-order chi connectivity index (χ1) is 13.4. The minimum absolute atomic E-state index is 0.0306. The van der Waals surface area contributed by atoms with Crippen molar-refractivity contribution in [3.8, 4) is 5.75 Å². The summed E-state index contributed by atoms with van der Waals surface area (Å²) < 4.78 is 23.0. The third-order valence-electron chi connectivity index (χ3n) is 3.44. The number of anilines is 1. The van der Waals surface area contributed by atoms with Gasteiger partial charge in [-0.15, -0.1) is 0 Å². The van der Waals surface area contributed by atoms with E-state index >= 15 is 0 Å². The number of carbonyl (C=O) groups is 2. The van der Waals surface area contributed by atoms with E-state index in [1.807, 2.05) is 0 Å². The number of ether oxygens (including phenoxy) is 2. The SMILES string of the molecule is COc1ccc(/C=N\OCC(=O)O[C@@H](C)C(=O)Nc2ccc(F)cc2Cl)cc1. The summed E-state index contributed by atoms with van der Waals surface area (Å²) in [6.07, 6.45) is 0.308. The van der Waals surface area contributed by atoms with Gasteiger partial charge in [-0.05, 0) is 55.0 Å². The topological polar surface area (TPSA) is 86.2 Å². The molecule has 0 bridgehead atoms. The number of oxime groups is 1. The van der Waals surface area contributed by atoms with Crippen LogP contribution in [0.4, 0.5) is 10.1 Å². The average molecular weight is 409 g/mol. The van der Waals surface area contributed by atoms with E-state index in [1.54, 1.807) is 31.4 Å². The van der Waals surface area contributed by atoms with Crippen LogP contribution in [0.25, 0.3) is 0 Å². The summed E-state index contributed by atoms with van der Waals surface area (Å²) in [7, 11) is 1.56. The smallest absolute Gasteiger partial charge is 0.347 e. The highest BCUT2D eigenvalue weighted by atomic mass is 35.5. The molecule has 0 aliphatic carbocycles. The summed E-state index contributed by atoms with van der Waals surface area (Å²) in [5, 5.41) is 6.13. The Morgan fingerprint density at radius 2 is 1.96 bits per heavy atom. The van der Waals surface area contributed by atoms with Gasteiger partial charge in [0.15, 0.2) is 6.10 Å². The van der Waals surface area contributed by atoms with Crippen LogP contribution in [0.3, 0.4) is 0 Å². The molecule has 0 saturated carbocycles. The van der Waals surface area contributed by atoms with Crippen molar-refractivity contribution in [2.24, 2.45) is 5.16 Å². The molecule has 0 aliphatic rings. The molecule has 28 heavy (non-hydrogen) atoms. The van der Waals surface area contributed by atoms with Gasteiger partial charge in [-0.2, -0.15) is 0 Å². The molecule has 0 spiro atoms. The van der Waals surface area contributed by atoms with Crippen LogP contribution in [0.2, 0.25) is 5.02 Å². The van der Waals surface area contributed by atoms with Crippen LogP contribution >= 0.6 is 11.6 Å². The highest BCUT2D eigenvalue weighted by Crippen LogP contribution is 2.22. The lowest BCUT2D eigenvalue weighted by atomic mass is 10.2. The van der Waals surface area contributed by atoms with Crippen molar-refractivity contribution in [1.82, 2.24) is 0 Å². The first-order valence-corrected chi connectivity index (χ1v) is 8.51. The third-order valence-corrected chi connectivity index (χ3v) is 3.75. The zero-order chi connectivity index (χ0) is 20.5. The Labute approximate surface area is 166 Å². The summed E-state index contributed by atoms with van der Waals surface area (Å²) in [4.78, 5) is 28.6. The predicted octanol–water partition coefficient (Wildman–Crippen LogP) is 3.41. The van der Waals surface area contributed by atoms with Gasteiger partial charge in [0.25, 0.3) is 5.91 Å². The fraction of sp³-hybridized carbons (Fsp3) is 0.211. The number of nitrogens with one attached hydrogen (secondary N) is 1. The zero-order valence-corrected chi connectivity index (χ0v) is 15.9. The van der Waals surface area contributed by atoms with Crippen LogP contribution in [0.1, 0.15) is 12.5 Å². The second kappa shape index (κ2) is 10.3. The Morgan fingerprint density at radius 1 is 1.25 bits per heavy atom. The lowest BCUT2D eigenvalue weighted by Gasteiger charge is -2.13. The minimum Gasteiger partial charge on any atom is -0.497 e. The normalized spacial score (nSPS) is 11.7. The number of nitrogens with zero attached hydrogens (tertiary/aromatic N) is 1. The Hall–Kier alpha value is -3.13. The van der Waals surface area contributed by atoms with E-state index in [-0.39, 0.29) is 10.7 Å². The van der Waals surface area contributed by atoms with Crippen molar-refractivity contribution in [3.05, 3.63) is 58.9 Å². The Bertz CT molecular complexity index is 858. The number of hydrogen-bond acceptors (Lipinski definition) is 6. The van der Waals surface area contributed by atoms with Gasteiger partial charge in [0.2, 0.25) is 6.61 Å². The van der Waals surface area contributed by atoms with Gasteiger partial charge >= 0.3 is 5.97 Å². The van der Waals surface area contributed by atoms with Gasteiger partial charge in [0, 0.05) is 0 Å². The number of esters is 1. The van der Waals surface area contributed by atoms with Gasteiger partial charge in [-0.3, -0.25) is 4.79 Å². The Morgan fingerprint density at radius 3 is 2.61 bits per heavy atom. The van der Waals surface area contributed by atoms with Gasteiger partial charge in [0.1, 0.15) is 11.6 Å². The second-order valence-corrected chi connectivity index (χ2v) is 5.93. The average Bonchev–Trinajstić information content (AvgIpc) is 2.67. The molecule has 1 atom stereocenters. The monoisotopic (exact) mass is 408 g/mol. The summed E-state index contributed by atoms with van der Waals surface area (Å²) >= 11 is 5.83. The number of amides is 1. The molecule has 7 nitrogen and oxygen atoms in total. The van der Waals surface area contributed by atoms with Gasteiger partial charge < -0.3 is 19.6 Å². The molecule has 2 aromatic rings. The fourth-order valence-electron chi connectivity index (χ4n) is 1.99. The molecule has 2 rings (SSSR count). The minimum atomic E-state index is -1.11. The number of rotatable bonds is 8. The van der Waals surface area contributed by atoms with Crippen LogP contribution in [-0.2, 0) is 19.2 Å². The molecule has 0 radical (unpaired) electrons. The van der Waals surface area contributed by atoms with Gasteiger partial charge in [0.05, 0.1) is 24.0 Å². The maximum absolute atomic E-state index is 13.0. The van der Waals surface area contributed by atoms with E-state index in [4.69, 9.17) is 25.9 Å². The molecule has 9 heteroatoms. The molecule has 1 N–H and O–H groups in total. The molecular weight excluding hydrogens is 391 g/mol. The molecular formula is C19H18ClFN2O5. The number of methoxy groups -OCH3 is 1. The molecule has 1 amide bonds. The maximum Gasteiger partial charge on any atom is 0.347 e. The highest BCUT2D eigenvalue weighted by Gasteiger charge is 2.19. The van der Waals surface area contributed by atoms with E-state index in [9.17, 15) is 14.0 Å². The summed E-state index contributed by atoms with van der Waals surface area (Å²) in [6, 6.07) is 10.5. The van der Waals surface area contributed by atoms with E-state index in [0.29, 0.717) is 5.75 Å². The number of hydrogen-bond donors (Lipinski definition) is 1. The molecule has 0 aliphatic heterocycles. The largest absolute Gasteiger partial charge is 0.497 e. The van der Waals surface area contributed by atoms with Crippen molar-refractivity contribution in [3.63, 3.8) is 0 Å². The lowest BCUT2D eigenvalue weighted by molar-refractivity contribution is -0.157. The van der Waals surface area contributed by atoms with E-state index in [2.05, 4.69) is 10.5 Å². The van der Waals surface area contributed by atoms with E-state index in [0.717, 1.165) is 17.7 Å². The first-order valence-electron chi connectivity index (χ1n) is 8.14. The molecule has 0 fully saturated rings. The third kappa shape index (κ3) is 6.55. The van der Waals surface area contributed by atoms with Crippen LogP contribution < -0.4 is 10.1 Å². The molecule has 0 aromatic heterocycles. The Balaban J connectivity index is 1.76. The molecule has 0 saturated heterocycles. The zero-order valence-electron chi connectivity index (χ0n) is 15.1. The van der Waals surface area contributed by atoms with Gasteiger partial charge in [-0.1, -0.05) is 16.8 Å². The predicted molar refractivity (Wildman–Crippen MR) is 102 cm³/mol. The van der Waals surface area contributed by atoms with Crippen LogP contribution in [0.15, 0.2) is 47.6 Å². The summed E-state index contributed by atoms with van der Waals surface area (Å²) in [5.74, 6) is -1.23. The summed E-state index contributed by atoms with van der Waals surface area (Å²) in [6.45, 7) is 0.910. The van der Waals surface area contributed by atoms with Crippen molar-refractivity contribution in [1.29, 1.82) is 0 Å². The number of benzene rings is 2. The molecule has 148 valence electrons. The van der Waals surface area contributed by atoms with Crippen LogP contribution in [0, 0.1) is 5.82 Å². The number of halogens is 2. The lowest BCUT2D eigenvalue weighted by Crippen LogP contribution is -2.31. The summed E-state index contributed by atoms with van der Waals surface area (Å²) in [5.41, 5.74) is 0.953. The standard InChI is InChI=1S/C19H18ClFN2O5/c1-12(19(25)23-17-8-5-14(21)9-16(17)20)28-18(24)11-27-22-10-13-3-6-15(26-2)7-4-13/h3-10,12H,11H2,1-2H3,(H,23,25)/b22-10-/t12-/m0/s1. The molecule has 0 unspecified atom stereocenters. The van der Waals surface area contributed by atoms with Crippen molar-refractivity contribution >= 4 is 35.4 Å². The Kier molecular flexibility index (Phi) is 7.76. The number of carbonyl (C=O) groups excluding carboxylic acids is 2. The van der Waals surface area contributed by atoms with E-state index < -0.39 is 30.4 Å². The quantitative estimate of drug-likeness (QED) is 0.411. The second-order valence-electron chi connectivity index (χ2n) is 5.53. The highest BCUT2D eigenvalue weighted by molar-refractivity contribution is 6.33. The van der Waals surface area contributed by atoms with Crippen LogP contribution in [-0.4, -0.2) is 37.9 Å². The van der Waals surface area contributed by atoms with Crippen LogP contribution in [0.5, 0.6) is 5.75 Å².